The molecule has 146 valence electrons. The topological polar surface area (TPSA) is 60.6 Å². The van der Waals surface area contributed by atoms with Crippen molar-refractivity contribution in [3.8, 4) is 0 Å². The molecular formula is C20H33N3O3. The molecule has 1 saturated carbocycles. The van der Waals surface area contributed by atoms with Gasteiger partial charge in [-0.1, -0.05) is 30.8 Å². The Morgan fingerprint density at radius 1 is 0.962 bits per heavy atom. The second-order valence-corrected chi connectivity index (χ2v) is 8.21. The highest BCUT2D eigenvalue weighted by molar-refractivity contribution is 4.97. The summed E-state index contributed by atoms with van der Waals surface area (Å²) in [4.78, 5) is 7.31. The van der Waals surface area contributed by atoms with Gasteiger partial charge in [-0.25, -0.2) is 0 Å². The molecule has 3 aliphatic rings. The van der Waals surface area contributed by atoms with Crippen LogP contribution in [0.15, 0.2) is 4.52 Å². The molecular weight excluding hydrogens is 330 g/mol. The van der Waals surface area contributed by atoms with E-state index in [0.29, 0.717) is 11.8 Å². The van der Waals surface area contributed by atoms with Gasteiger partial charge in [0.05, 0.1) is 13.2 Å². The van der Waals surface area contributed by atoms with Gasteiger partial charge in [-0.15, -0.1) is 0 Å². The van der Waals surface area contributed by atoms with E-state index in [4.69, 9.17) is 19.0 Å². The van der Waals surface area contributed by atoms with Crippen LogP contribution < -0.4 is 0 Å². The van der Waals surface area contributed by atoms with Gasteiger partial charge in [0, 0.05) is 31.8 Å². The highest BCUT2D eigenvalue weighted by Gasteiger charge is 2.25. The normalized spacial score (nSPS) is 27.0. The lowest BCUT2D eigenvalue weighted by atomic mass is 9.94. The maximum atomic E-state index is 5.62. The quantitative estimate of drug-likeness (QED) is 0.721. The fourth-order valence-corrected chi connectivity index (χ4v) is 4.68. The van der Waals surface area contributed by atoms with Gasteiger partial charge in [0.25, 0.3) is 0 Å². The van der Waals surface area contributed by atoms with E-state index in [1.54, 1.807) is 0 Å². The van der Waals surface area contributed by atoms with Crippen molar-refractivity contribution in [2.24, 2.45) is 5.92 Å². The number of rotatable bonds is 6. The van der Waals surface area contributed by atoms with E-state index in [-0.39, 0.29) is 6.29 Å². The lowest BCUT2D eigenvalue weighted by Crippen LogP contribution is -2.38. The molecule has 4 rings (SSSR count). The number of likely N-dealkylation sites (tertiary alicyclic amines) is 1. The molecule has 0 bridgehead atoms. The second kappa shape index (κ2) is 9.29. The zero-order chi connectivity index (χ0) is 17.6. The fourth-order valence-electron chi connectivity index (χ4n) is 4.68. The van der Waals surface area contributed by atoms with Crippen molar-refractivity contribution >= 4 is 0 Å². The average Bonchev–Trinajstić information content (AvgIpc) is 3.27. The van der Waals surface area contributed by atoms with Crippen molar-refractivity contribution < 1.29 is 14.0 Å². The minimum Gasteiger partial charge on any atom is -0.350 e. The maximum absolute atomic E-state index is 5.62. The predicted molar refractivity (Wildman–Crippen MR) is 97.9 cm³/mol. The Morgan fingerprint density at radius 3 is 2.58 bits per heavy atom. The van der Waals surface area contributed by atoms with Crippen LogP contribution in [0.2, 0.25) is 0 Å². The number of aromatic nitrogens is 2. The summed E-state index contributed by atoms with van der Waals surface area (Å²) in [5.41, 5.74) is 0. The zero-order valence-electron chi connectivity index (χ0n) is 15.9. The average molecular weight is 364 g/mol. The van der Waals surface area contributed by atoms with Crippen LogP contribution in [0.25, 0.3) is 0 Å². The largest absolute Gasteiger partial charge is 0.350 e. The van der Waals surface area contributed by atoms with E-state index in [9.17, 15) is 0 Å². The van der Waals surface area contributed by atoms with Gasteiger partial charge >= 0.3 is 0 Å². The summed E-state index contributed by atoms with van der Waals surface area (Å²) < 4.78 is 16.7. The molecule has 0 aromatic carbocycles. The molecule has 3 heterocycles. The van der Waals surface area contributed by atoms with Crippen molar-refractivity contribution in [1.29, 1.82) is 0 Å². The Kier molecular flexibility index (Phi) is 6.57. The zero-order valence-corrected chi connectivity index (χ0v) is 15.9. The Hall–Kier alpha value is -0.980. The molecule has 1 atom stereocenters. The van der Waals surface area contributed by atoms with E-state index in [1.807, 2.05) is 0 Å². The summed E-state index contributed by atoms with van der Waals surface area (Å²) in [5.74, 6) is 2.95. The molecule has 1 aromatic rings. The number of hydrogen-bond acceptors (Lipinski definition) is 6. The van der Waals surface area contributed by atoms with Crippen LogP contribution >= 0.6 is 0 Å². The fraction of sp³-hybridized carbons (Fsp3) is 0.900. The monoisotopic (exact) mass is 363 g/mol. The Balaban J connectivity index is 1.25. The number of nitrogens with zero attached hydrogens (tertiary/aromatic N) is 3. The molecule has 0 N–H and O–H groups in total. The number of ether oxygens (including phenoxy) is 2. The molecule has 3 fully saturated rings. The first-order valence-corrected chi connectivity index (χ1v) is 10.6. The minimum absolute atomic E-state index is 0.00782. The van der Waals surface area contributed by atoms with Crippen molar-refractivity contribution in [3.63, 3.8) is 0 Å². The molecule has 6 nitrogen and oxygen atoms in total. The van der Waals surface area contributed by atoms with Gasteiger partial charge in [-0.3, -0.25) is 0 Å². The molecule has 6 heteroatoms. The lowest BCUT2D eigenvalue weighted by Gasteiger charge is -2.32. The SMILES string of the molecule is C1CCCC(c2noc(CC3CCCN(CCC4OCCO4)C3)n2)CC1. The van der Waals surface area contributed by atoms with Crippen LogP contribution in [-0.2, 0) is 15.9 Å². The van der Waals surface area contributed by atoms with Gasteiger partial charge in [-0.2, -0.15) is 4.98 Å². The van der Waals surface area contributed by atoms with Crippen LogP contribution in [-0.4, -0.2) is 54.2 Å². The second-order valence-electron chi connectivity index (χ2n) is 8.21. The van der Waals surface area contributed by atoms with Crippen LogP contribution in [0.4, 0.5) is 0 Å². The smallest absolute Gasteiger partial charge is 0.226 e. The van der Waals surface area contributed by atoms with E-state index >= 15 is 0 Å². The first-order chi connectivity index (χ1) is 12.9. The van der Waals surface area contributed by atoms with Gasteiger partial charge in [0.15, 0.2) is 12.1 Å². The van der Waals surface area contributed by atoms with E-state index < -0.39 is 0 Å². The molecule has 26 heavy (non-hydrogen) atoms. The van der Waals surface area contributed by atoms with E-state index in [2.05, 4.69) is 10.1 Å². The van der Waals surface area contributed by atoms with Crippen LogP contribution in [0.1, 0.15) is 75.4 Å². The molecule has 0 radical (unpaired) electrons. The summed E-state index contributed by atoms with van der Waals surface area (Å²) in [6, 6.07) is 0. The van der Waals surface area contributed by atoms with E-state index in [1.165, 1.54) is 57.9 Å². The molecule has 1 unspecified atom stereocenters. The number of piperidine rings is 1. The van der Waals surface area contributed by atoms with Crippen LogP contribution in [0.3, 0.4) is 0 Å². The first kappa shape index (κ1) is 18.4. The Morgan fingerprint density at radius 2 is 1.77 bits per heavy atom. The van der Waals surface area contributed by atoms with Gasteiger partial charge in [0.1, 0.15) is 0 Å². The summed E-state index contributed by atoms with van der Waals surface area (Å²) in [6.45, 7) is 4.84. The molecule has 0 spiro atoms. The number of hydrogen-bond donors (Lipinski definition) is 0. The summed E-state index contributed by atoms with van der Waals surface area (Å²) >= 11 is 0. The van der Waals surface area contributed by atoms with Crippen molar-refractivity contribution in [3.05, 3.63) is 11.7 Å². The molecule has 1 aromatic heterocycles. The molecule has 1 aliphatic carbocycles. The predicted octanol–water partition coefficient (Wildman–Crippen LogP) is 3.52. The van der Waals surface area contributed by atoms with Gasteiger partial charge in [-0.05, 0) is 38.1 Å². The molecule has 2 saturated heterocycles. The summed E-state index contributed by atoms with van der Waals surface area (Å²) in [5, 5.41) is 4.32. The van der Waals surface area contributed by atoms with E-state index in [0.717, 1.165) is 50.9 Å². The van der Waals surface area contributed by atoms with Gasteiger partial charge < -0.3 is 18.9 Å². The molecule has 0 amide bonds. The lowest BCUT2D eigenvalue weighted by molar-refractivity contribution is -0.0531. The third kappa shape index (κ3) is 5.05. The Labute approximate surface area is 156 Å². The van der Waals surface area contributed by atoms with Crippen molar-refractivity contribution in [1.82, 2.24) is 15.0 Å². The van der Waals surface area contributed by atoms with Crippen molar-refractivity contribution in [2.75, 3.05) is 32.8 Å². The van der Waals surface area contributed by atoms with Crippen molar-refractivity contribution in [2.45, 2.75) is 76.4 Å². The third-order valence-corrected chi connectivity index (χ3v) is 6.14. The Bertz CT molecular complexity index is 536. The van der Waals surface area contributed by atoms with Crippen LogP contribution in [0.5, 0.6) is 0 Å². The summed E-state index contributed by atoms with van der Waals surface area (Å²) in [6.07, 6.45) is 12.2. The maximum Gasteiger partial charge on any atom is 0.226 e. The highest BCUT2D eigenvalue weighted by Crippen LogP contribution is 2.30. The van der Waals surface area contributed by atoms with Crippen LogP contribution in [0, 0.1) is 5.92 Å². The van der Waals surface area contributed by atoms with Gasteiger partial charge in [0.2, 0.25) is 5.89 Å². The minimum atomic E-state index is 0.00782. The molecule has 2 aliphatic heterocycles. The summed E-state index contributed by atoms with van der Waals surface area (Å²) in [7, 11) is 0. The standard InChI is InChI=1S/C20H33N3O3/c1-2-4-8-17(7-3-1)20-21-18(26-22-20)14-16-6-5-10-23(15-16)11-9-19-24-12-13-25-19/h16-17,19H,1-15H2. The first-order valence-electron chi connectivity index (χ1n) is 10.6. The third-order valence-electron chi connectivity index (χ3n) is 6.14. The highest BCUT2D eigenvalue weighted by atomic mass is 16.7.